The lowest BCUT2D eigenvalue weighted by Gasteiger charge is -2.10. The number of carbonyl (C=O) groups excluding carboxylic acids is 2. The first-order valence-electron chi connectivity index (χ1n) is 9.31. The molecule has 3 aromatic rings. The molecule has 150 valence electrons. The van der Waals surface area contributed by atoms with Crippen molar-refractivity contribution in [3.05, 3.63) is 78.3 Å². The molecule has 2 amide bonds. The maximum Gasteiger partial charge on any atom is 0.251 e. The highest BCUT2D eigenvalue weighted by atomic mass is 16.5. The van der Waals surface area contributed by atoms with Gasteiger partial charge in [-0.2, -0.15) is 0 Å². The quantitative estimate of drug-likeness (QED) is 0.516. The molecular formula is C22H23N3O4. The lowest BCUT2D eigenvalue weighted by atomic mass is 10.2. The monoisotopic (exact) mass is 393 g/mol. The number of benzene rings is 2. The van der Waals surface area contributed by atoms with Gasteiger partial charge in [-0.3, -0.25) is 9.59 Å². The highest BCUT2D eigenvalue weighted by Gasteiger charge is 2.09. The van der Waals surface area contributed by atoms with E-state index in [2.05, 4.69) is 16.0 Å². The average molecular weight is 393 g/mol. The number of anilines is 2. The Balaban J connectivity index is 1.52. The Bertz CT molecular complexity index is 954. The summed E-state index contributed by atoms with van der Waals surface area (Å²) in [5, 5.41) is 8.62. The maximum absolute atomic E-state index is 12.3. The van der Waals surface area contributed by atoms with E-state index in [-0.39, 0.29) is 18.4 Å². The van der Waals surface area contributed by atoms with E-state index >= 15 is 0 Å². The van der Waals surface area contributed by atoms with Crippen LogP contribution < -0.4 is 20.7 Å². The molecule has 1 aromatic heterocycles. The molecule has 0 atom stereocenters. The van der Waals surface area contributed by atoms with Crippen molar-refractivity contribution in [2.24, 2.45) is 0 Å². The molecule has 0 bridgehead atoms. The van der Waals surface area contributed by atoms with Gasteiger partial charge in [-0.25, -0.2) is 0 Å². The van der Waals surface area contributed by atoms with Crippen molar-refractivity contribution in [3.63, 3.8) is 0 Å². The van der Waals surface area contributed by atoms with Crippen LogP contribution in [0.3, 0.4) is 0 Å². The fraction of sp³-hybridized carbons (Fsp3) is 0.182. The SMILES string of the molecule is CCOc1cccc(NCC(=O)Nc2cccc(C(=O)NCc3ccco3)c2)c1. The topological polar surface area (TPSA) is 92.6 Å². The zero-order valence-electron chi connectivity index (χ0n) is 16.1. The zero-order chi connectivity index (χ0) is 20.5. The summed E-state index contributed by atoms with van der Waals surface area (Å²) in [5.41, 5.74) is 1.79. The van der Waals surface area contributed by atoms with Crippen LogP contribution in [0.25, 0.3) is 0 Å². The van der Waals surface area contributed by atoms with Gasteiger partial charge in [-0.15, -0.1) is 0 Å². The van der Waals surface area contributed by atoms with Crippen molar-refractivity contribution < 1.29 is 18.7 Å². The number of rotatable bonds is 9. The second-order valence-corrected chi connectivity index (χ2v) is 6.21. The number of ether oxygens (including phenoxy) is 1. The van der Waals surface area contributed by atoms with Gasteiger partial charge in [-0.1, -0.05) is 12.1 Å². The summed E-state index contributed by atoms with van der Waals surface area (Å²) in [5.74, 6) is 0.941. The van der Waals surface area contributed by atoms with E-state index in [1.807, 2.05) is 31.2 Å². The largest absolute Gasteiger partial charge is 0.494 e. The molecule has 3 N–H and O–H groups in total. The van der Waals surface area contributed by atoms with Crippen molar-refractivity contribution >= 4 is 23.2 Å². The molecule has 0 aliphatic heterocycles. The predicted molar refractivity (Wildman–Crippen MR) is 111 cm³/mol. The molecule has 29 heavy (non-hydrogen) atoms. The number of hydrogen-bond donors (Lipinski definition) is 3. The van der Waals surface area contributed by atoms with E-state index < -0.39 is 0 Å². The minimum atomic E-state index is -0.247. The summed E-state index contributed by atoms with van der Waals surface area (Å²) in [6.07, 6.45) is 1.55. The molecule has 0 aliphatic rings. The van der Waals surface area contributed by atoms with E-state index in [9.17, 15) is 9.59 Å². The average Bonchev–Trinajstić information content (AvgIpc) is 3.25. The third-order valence-electron chi connectivity index (χ3n) is 4.01. The first-order valence-corrected chi connectivity index (χ1v) is 9.31. The highest BCUT2D eigenvalue weighted by molar-refractivity contribution is 5.98. The smallest absolute Gasteiger partial charge is 0.251 e. The van der Waals surface area contributed by atoms with Crippen LogP contribution >= 0.6 is 0 Å². The van der Waals surface area contributed by atoms with Gasteiger partial charge in [-0.05, 0) is 49.4 Å². The van der Waals surface area contributed by atoms with Gasteiger partial charge >= 0.3 is 0 Å². The Labute approximate surface area is 169 Å². The van der Waals surface area contributed by atoms with E-state index in [1.165, 1.54) is 0 Å². The first kappa shape index (κ1) is 20.0. The van der Waals surface area contributed by atoms with E-state index in [0.717, 1.165) is 11.4 Å². The molecule has 0 saturated heterocycles. The molecule has 7 heteroatoms. The number of carbonyl (C=O) groups is 2. The second-order valence-electron chi connectivity index (χ2n) is 6.21. The Morgan fingerprint density at radius 2 is 1.83 bits per heavy atom. The van der Waals surface area contributed by atoms with Crippen LogP contribution in [0.2, 0.25) is 0 Å². The minimum absolute atomic E-state index is 0.0878. The van der Waals surface area contributed by atoms with Gasteiger partial charge in [0.15, 0.2) is 0 Å². The zero-order valence-corrected chi connectivity index (χ0v) is 16.1. The van der Waals surface area contributed by atoms with Crippen molar-refractivity contribution in [2.45, 2.75) is 13.5 Å². The Morgan fingerprint density at radius 1 is 1.00 bits per heavy atom. The molecular weight excluding hydrogens is 370 g/mol. The molecule has 0 saturated carbocycles. The first-order chi connectivity index (χ1) is 14.1. The summed E-state index contributed by atoms with van der Waals surface area (Å²) >= 11 is 0. The number of hydrogen-bond acceptors (Lipinski definition) is 5. The lowest BCUT2D eigenvalue weighted by Crippen LogP contribution is -2.24. The summed E-state index contributed by atoms with van der Waals surface area (Å²) in [7, 11) is 0. The fourth-order valence-corrected chi connectivity index (χ4v) is 2.67. The number of furan rings is 1. The van der Waals surface area contributed by atoms with Gasteiger partial charge in [0.05, 0.1) is 26.0 Å². The van der Waals surface area contributed by atoms with Crippen molar-refractivity contribution in [1.82, 2.24) is 5.32 Å². The van der Waals surface area contributed by atoms with Crippen LogP contribution in [0.1, 0.15) is 23.0 Å². The van der Waals surface area contributed by atoms with Gasteiger partial charge < -0.3 is 25.1 Å². The standard InChI is InChI=1S/C22H23N3O4/c1-2-28-19-9-4-7-17(13-19)23-15-21(26)25-18-8-3-6-16(12-18)22(27)24-14-20-10-5-11-29-20/h3-13,23H,2,14-15H2,1H3,(H,24,27)(H,25,26). The van der Waals surface area contributed by atoms with Crippen molar-refractivity contribution in [2.75, 3.05) is 23.8 Å². The molecule has 0 radical (unpaired) electrons. The van der Waals surface area contributed by atoms with E-state index in [1.54, 1.807) is 42.7 Å². The molecule has 7 nitrogen and oxygen atoms in total. The molecule has 1 heterocycles. The van der Waals surface area contributed by atoms with Crippen LogP contribution in [0, 0.1) is 0 Å². The summed E-state index contributed by atoms with van der Waals surface area (Å²) in [4.78, 5) is 24.5. The van der Waals surface area contributed by atoms with E-state index in [0.29, 0.717) is 30.2 Å². The molecule has 0 unspecified atom stereocenters. The summed E-state index contributed by atoms with van der Waals surface area (Å²) in [6.45, 7) is 2.88. The van der Waals surface area contributed by atoms with Crippen LogP contribution in [0.4, 0.5) is 11.4 Å². The normalized spacial score (nSPS) is 10.2. The van der Waals surface area contributed by atoms with Crippen LogP contribution in [0.15, 0.2) is 71.3 Å². The van der Waals surface area contributed by atoms with Crippen molar-refractivity contribution in [1.29, 1.82) is 0 Å². The maximum atomic E-state index is 12.3. The molecule has 0 fully saturated rings. The van der Waals surface area contributed by atoms with Crippen LogP contribution in [-0.4, -0.2) is 25.0 Å². The Kier molecular flexibility index (Phi) is 6.89. The lowest BCUT2D eigenvalue weighted by molar-refractivity contribution is -0.114. The van der Waals surface area contributed by atoms with Gasteiger partial charge in [0.25, 0.3) is 5.91 Å². The molecule has 0 aliphatic carbocycles. The third-order valence-corrected chi connectivity index (χ3v) is 4.01. The molecule has 3 rings (SSSR count). The number of nitrogens with one attached hydrogen (secondary N) is 3. The highest BCUT2D eigenvalue weighted by Crippen LogP contribution is 2.17. The van der Waals surface area contributed by atoms with Gasteiger partial charge in [0, 0.05) is 23.0 Å². The van der Waals surface area contributed by atoms with Crippen molar-refractivity contribution in [3.8, 4) is 5.75 Å². The number of amides is 2. The third kappa shape index (κ3) is 6.14. The molecule has 0 spiro atoms. The molecule has 2 aromatic carbocycles. The fourth-order valence-electron chi connectivity index (χ4n) is 2.67. The second kappa shape index (κ2) is 9.98. The predicted octanol–water partition coefficient (Wildman–Crippen LogP) is 3.66. The Morgan fingerprint density at radius 3 is 2.62 bits per heavy atom. The Hall–Kier alpha value is -3.74. The minimum Gasteiger partial charge on any atom is -0.494 e. The van der Waals surface area contributed by atoms with Gasteiger partial charge in [0.2, 0.25) is 5.91 Å². The van der Waals surface area contributed by atoms with Crippen LogP contribution in [0.5, 0.6) is 5.75 Å². The van der Waals surface area contributed by atoms with E-state index in [4.69, 9.17) is 9.15 Å². The summed E-state index contributed by atoms with van der Waals surface area (Å²) in [6, 6.07) is 17.7. The van der Waals surface area contributed by atoms with Gasteiger partial charge in [0.1, 0.15) is 11.5 Å². The van der Waals surface area contributed by atoms with Crippen LogP contribution in [-0.2, 0) is 11.3 Å². The summed E-state index contributed by atoms with van der Waals surface area (Å²) < 4.78 is 10.6.